The third kappa shape index (κ3) is 1.19. The summed E-state index contributed by atoms with van der Waals surface area (Å²) < 4.78 is 5.25. The van der Waals surface area contributed by atoms with Gasteiger partial charge < -0.3 is 9.72 Å². The highest BCUT2D eigenvalue weighted by Gasteiger charge is 2.27. The molecule has 0 amide bonds. The fourth-order valence-electron chi connectivity index (χ4n) is 1.65. The number of H-pyrrole nitrogens is 1. The third-order valence-corrected chi connectivity index (χ3v) is 2.36. The van der Waals surface area contributed by atoms with Gasteiger partial charge in [0, 0.05) is 7.11 Å². The summed E-state index contributed by atoms with van der Waals surface area (Å²) in [5.74, 6) is 0.728. The Bertz CT molecular complexity index is 418. The topological polar surface area (TPSA) is 55.0 Å². The first-order chi connectivity index (χ1) is 6.63. The molecule has 2 rings (SSSR count). The molecule has 0 saturated heterocycles. The van der Waals surface area contributed by atoms with Crippen LogP contribution < -0.4 is 0 Å². The molecule has 0 aliphatic heterocycles. The second-order valence-corrected chi connectivity index (χ2v) is 3.42. The van der Waals surface area contributed by atoms with Crippen LogP contribution in [0.5, 0.6) is 0 Å². The number of methoxy groups -OCH3 is 1. The van der Waals surface area contributed by atoms with Crippen molar-refractivity contribution in [3.63, 3.8) is 0 Å². The number of ether oxygens (including phenoxy) is 1. The number of rotatable bonds is 1. The molecule has 74 valence electrons. The van der Waals surface area contributed by atoms with Crippen LogP contribution in [0.2, 0.25) is 0 Å². The lowest BCUT2D eigenvalue weighted by Gasteiger charge is -2.16. The molecule has 0 fully saturated rings. The number of nitrogens with one attached hydrogen (secondary N) is 1. The van der Waals surface area contributed by atoms with Crippen molar-refractivity contribution in [2.75, 3.05) is 7.11 Å². The molecule has 1 aliphatic rings. The molecule has 4 nitrogen and oxygen atoms in total. The Morgan fingerprint density at radius 1 is 1.50 bits per heavy atom. The largest absolute Gasteiger partial charge is 0.371 e. The Morgan fingerprint density at radius 3 is 2.86 bits per heavy atom. The summed E-state index contributed by atoms with van der Waals surface area (Å²) in [7, 11) is 1.62. The summed E-state index contributed by atoms with van der Waals surface area (Å²) in [5, 5.41) is 0. The molecule has 0 radical (unpaired) electrons. The van der Waals surface area contributed by atoms with Gasteiger partial charge in [-0.3, -0.25) is 4.79 Å². The summed E-state index contributed by atoms with van der Waals surface area (Å²) in [6.07, 6.45) is 1.63. The minimum absolute atomic E-state index is 0.0161. The van der Waals surface area contributed by atoms with Crippen LogP contribution >= 0.6 is 0 Å². The van der Waals surface area contributed by atoms with Crippen LogP contribution in [-0.4, -0.2) is 22.9 Å². The molecule has 14 heavy (non-hydrogen) atoms. The van der Waals surface area contributed by atoms with Crippen LogP contribution in [-0.2, 0) is 4.74 Å². The highest BCUT2D eigenvalue weighted by molar-refractivity contribution is 6.09. The molecule has 1 atom stereocenters. The number of nitrogens with zero attached hydrogens (tertiary/aromatic N) is 1. The lowest BCUT2D eigenvalue weighted by molar-refractivity contribution is 0.0986. The summed E-state index contributed by atoms with van der Waals surface area (Å²) in [6.45, 7) is 3.61. The van der Waals surface area contributed by atoms with Crippen LogP contribution in [0.1, 0.15) is 35.0 Å². The molecule has 1 heterocycles. The minimum atomic E-state index is -0.177. The van der Waals surface area contributed by atoms with E-state index in [1.807, 2.05) is 13.0 Å². The molecule has 4 heteroatoms. The second-order valence-electron chi connectivity index (χ2n) is 3.42. The van der Waals surface area contributed by atoms with Crippen molar-refractivity contribution < 1.29 is 9.53 Å². The number of hydrogen-bond acceptors (Lipinski definition) is 3. The standard InChI is InChI=1S/C10H12N2O2/c1-5-4-7(14-3)8-9(10(5)13)12-6(2)11-8/h4,7H,1-3H3,(H,11,12). The maximum Gasteiger partial charge on any atom is 0.208 e. The predicted molar refractivity (Wildman–Crippen MR) is 51.2 cm³/mol. The van der Waals surface area contributed by atoms with E-state index in [9.17, 15) is 4.79 Å². The van der Waals surface area contributed by atoms with Crippen LogP contribution in [0.25, 0.3) is 0 Å². The minimum Gasteiger partial charge on any atom is -0.371 e. The molecule has 1 aromatic rings. The Morgan fingerprint density at radius 2 is 2.21 bits per heavy atom. The van der Waals surface area contributed by atoms with Gasteiger partial charge >= 0.3 is 0 Å². The van der Waals surface area contributed by atoms with E-state index in [0.717, 1.165) is 11.5 Å². The number of carbonyl (C=O) groups is 1. The number of fused-ring (bicyclic) bond motifs is 1. The number of aryl methyl sites for hydroxylation is 1. The molecule has 0 aromatic carbocycles. The van der Waals surface area contributed by atoms with E-state index in [2.05, 4.69) is 9.97 Å². The van der Waals surface area contributed by atoms with Gasteiger partial charge in [0.1, 0.15) is 17.6 Å². The first-order valence-corrected chi connectivity index (χ1v) is 4.46. The Hall–Kier alpha value is -1.42. The fourth-order valence-corrected chi connectivity index (χ4v) is 1.65. The first-order valence-electron chi connectivity index (χ1n) is 4.46. The summed E-state index contributed by atoms with van der Waals surface area (Å²) in [6, 6.07) is 0. The van der Waals surface area contributed by atoms with Gasteiger partial charge in [0.2, 0.25) is 5.78 Å². The number of ketones is 1. The average Bonchev–Trinajstić information content (AvgIpc) is 2.54. The number of imidazole rings is 1. The van der Waals surface area contributed by atoms with Crippen molar-refractivity contribution >= 4 is 5.78 Å². The van der Waals surface area contributed by atoms with E-state index in [1.54, 1.807) is 14.0 Å². The van der Waals surface area contributed by atoms with Crippen LogP contribution in [0.3, 0.4) is 0 Å². The maximum atomic E-state index is 11.7. The van der Waals surface area contributed by atoms with E-state index in [-0.39, 0.29) is 11.9 Å². The molecule has 1 unspecified atom stereocenters. The maximum absolute atomic E-state index is 11.7. The normalized spacial score (nSPS) is 20.6. The fraction of sp³-hybridized carbons (Fsp3) is 0.400. The van der Waals surface area contributed by atoms with Crippen molar-refractivity contribution in [1.29, 1.82) is 0 Å². The van der Waals surface area contributed by atoms with Crippen molar-refractivity contribution in [3.05, 3.63) is 28.9 Å². The number of carbonyl (C=O) groups excluding carboxylic acids is 1. The summed E-state index contributed by atoms with van der Waals surface area (Å²) >= 11 is 0. The molecular weight excluding hydrogens is 180 g/mol. The molecule has 0 bridgehead atoms. The van der Waals surface area contributed by atoms with Gasteiger partial charge in [0.25, 0.3) is 0 Å². The van der Waals surface area contributed by atoms with Gasteiger partial charge in [0.15, 0.2) is 0 Å². The first kappa shape index (κ1) is 9.15. The molecule has 1 N–H and O–H groups in total. The molecule has 1 aliphatic carbocycles. The predicted octanol–water partition coefficient (Wildman–Crippen LogP) is 1.55. The quantitative estimate of drug-likeness (QED) is 0.734. The molecule has 0 saturated carbocycles. The van der Waals surface area contributed by atoms with Gasteiger partial charge in [-0.25, -0.2) is 4.98 Å². The number of hydrogen-bond donors (Lipinski definition) is 1. The SMILES string of the molecule is COC1C=C(C)C(=O)c2nc(C)[nH]c21. The van der Waals surface area contributed by atoms with E-state index in [0.29, 0.717) is 11.3 Å². The molecule has 1 aromatic heterocycles. The smallest absolute Gasteiger partial charge is 0.208 e. The third-order valence-electron chi connectivity index (χ3n) is 2.36. The lowest BCUT2D eigenvalue weighted by atomic mass is 9.98. The van der Waals surface area contributed by atoms with Crippen molar-refractivity contribution in [1.82, 2.24) is 9.97 Å². The Kier molecular flexibility index (Phi) is 2.00. The zero-order valence-electron chi connectivity index (χ0n) is 8.42. The van der Waals surface area contributed by atoms with Crippen molar-refractivity contribution in [3.8, 4) is 0 Å². The number of Topliss-reactive ketones (excluding diaryl/α,β-unsaturated/α-hetero) is 1. The van der Waals surface area contributed by atoms with Crippen molar-refractivity contribution in [2.24, 2.45) is 0 Å². The molecular formula is C10H12N2O2. The zero-order valence-corrected chi connectivity index (χ0v) is 8.42. The number of aromatic amines is 1. The van der Waals surface area contributed by atoms with Gasteiger partial charge in [-0.2, -0.15) is 0 Å². The second kappa shape index (κ2) is 3.06. The van der Waals surface area contributed by atoms with E-state index in [4.69, 9.17) is 4.74 Å². The van der Waals surface area contributed by atoms with Gasteiger partial charge in [-0.1, -0.05) is 0 Å². The lowest BCUT2D eigenvalue weighted by Crippen LogP contribution is -2.15. The highest BCUT2D eigenvalue weighted by atomic mass is 16.5. The number of aromatic nitrogens is 2. The average molecular weight is 192 g/mol. The number of allylic oxidation sites excluding steroid dienone is 1. The van der Waals surface area contributed by atoms with E-state index < -0.39 is 0 Å². The van der Waals surface area contributed by atoms with Crippen molar-refractivity contribution in [2.45, 2.75) is 20.0 Å². The summed E-state index contributed by atoms with van der Waals surface area (Å²) in [4.78, 5) is 18.9. The summed E-state index contributed by atoms with van der Waals surface area (Å²) in [5.41, 5.74) is 1.95. The van der Waals surface area contributed by atoms with Gasteiger partial charge in [0.05, 0.1) is 5.69 Å². The monoisotopic (exact) mass is 192 g/mol. The van der Waals surface area contributed by atoms with Crippen LogP contribution in [0.4, 0.5) is 0 Å². The Labute approximate surface area is 82.0 Å². The Balaban J connectivity index is 2.56. The zero-order chi connectivity index (χ0) is 10.3. The van der Waals surface area contributed by atoms with E-state index >= 15 is 0 Å². The van der Waals surface area contributed by atoms with Gasteiger partial charge in [-0.05, 0) is 25.5 Å². The molecule has 0 spiro atoms. The van der Waals surface area contributed by atoms with Crippen LogP contribution in [0, 0.1) is 6.92 Å². The van der Waals surface area contributed by atoms with E-state index in [1.165, 1.54) is 0 Å². The van der Waals surface area contributed by atoms with Crippen LogP contribution in [0.15, 0.2) is 11.6 Å². The van der Waals surface area contributed by atoms with Gasteiger partial charge in [-0.15, -0.1) is 0 Å². The highest BCUT2D eigenvalue weighted by Crippen LogP contribution is 2.28.